The Labute approximate surface area is 76.4 Å². The van der Waals surface area contributed by atoms with Crippen LogP contribution in [0, 0.1) is 0 Å². The molecule has 0 atom stereocenters. The summed E-state index contributed by atoms with van der Waals surface area (Å²) in [6, 6.07) is 0. The normalized spacial score (nSPS) is 9.33. The van der Waals surface area contributed by atoms with Gasteiger partial charge in [-0.05, 0) is 6.92 Å². The molecule has 0 saturated carbocycles. The molecule has 0 aliphatic carbocycles. The average molecular weight is 164 g/mol. The molecule has 5 nitrogen and oxygen atoms in total. The summed E-state index contributed by atoms with van der Waals surface area (Å²) >= 11 is 0. The molecule has 4 N–H and O–H groups in total. The van der Waals surface area contributed by atoms with Gasteiger partial charge in [-0.1, -0.05) is 0 Å². The van der Waals surface area contributed by atoms with Crippen molar-refractivity contribution < 1.29 is 53.8 Å². The minimum Gasteiger partial charge on any atom is -0.870 e. The molecule has 0 spiro atoms. The maximum atomic E-state index is 8.05. The smallest absolute Gasteiger partial charge is 0.870 e. The molecule has 0 heterocycles. The van der Waals surface area contributed by atoms with Crippen LogP contribution in [0.3, 0.4) is 0 Å². The van der Waals surface area contributed by atoms with Gasteiger partial charge < -0.3 is 24.3 Å². The SMILES string of the molecule is CCO[Si](O)(O)O.[Na+].[OH-]. The van der Waals surface area contributed by atoms with Crippen LogP contribution in [-0.4, -0.2) is 35.5 Å². The molecule has 52 valence electrons. The maximum Gasteiger partial charge on any atom is 1.00 e. The molecule has 0 fully saturated rings. The van der Waals surface area contributed by atoms with Gasteiger partial charge in [-0.25, -0.2) is 0 Å². The van der Waals surface area contributed by atoms with Crippen LogP contribution in [0.25, 0.3) is 0 Å². The van der Waals surface area contributed by atoms with Gasteiger partial charge >= 0.3 is 38.6 Å². The summed E-state index contributed by atoms with van der Waals surface area (Å²) in [7, 11) is -4.16. The largest absolute Gasteiger partial charge is 1.00 e. The van der Waals surface area contributed by atoms with Crippen molar-refractivity contribution in [2.24, 2.45) is 0 Å². The molecule has 0 bridgehead atoms. The fraction of sp³-hybridized carbons (Fsp3) is 1.00. The second-order valence-electron chi connectivity index (χ2n) is 1.01. The molecule has 0 aromatic heterocycles. The quantitative estimate of drug-likeness (QED) is 0.356. The molecular weight excluding hydrogens is 155 g/mol. The molecule has 0 saturated heterocycles. The fourth-order valence-electron chi connectivity index (χ4n) is 0.194. The third-order valence-electron chi connectivity index (χ3n) is 0.338. The summed E-state index contributed by atoms with van der Waals surface area (Å²) in [6.07, 6.45) is 0. The molecule has 0 aliphatic heterocycles. The van der Waals surface area contributed by atoms with Gasteiger partial charge in [0.15, 0.2) is 0 Å². The standard InChI is InChI=1S/C2H8O4Si.Na.H2O/c1-2-6-7(3,4)5;;/h3-5H,2H2,1H3;;1H2/q;+1;/p-1. The maximum absolute atomic E-state index is 8.05. The van der Waals surface area contributed by atoms with Crippen molar-refractivity contribution in [3.63, 3.8) is 0 Å². The zero-order chi connectivity index (χ0) is 5.91. The van der Waals surface area contributed by atoms with E-state index in [0.717, 1.165) is 0 Å². The first kappa shape index (κ1) is 16.5. The van der Waals surface area contributed by atoms with E-state index in [1.165, 1.54) is 0 Å². The van der Waals surface area contributed by atoms with Crippen LogP contribution in [-0.2, 0) is 4.43 Å². The Balaban J connectivity index is -0.000000180. The second-order valence-corrected chi connectivity index (χ2v) is 2.44. The Morgan fingerprint density at radius 2 is 1.67 bits per heavy atom. The third-order valence-corrected chi connectivity index (χ3v) is 1.01. The van der Waals surface area contributed by atoms with Crippen LogP contribution in [0.1, 0.15) is 6.92 Å². The van der Waals surface area contributed by atoms with E-state index in [2.05, 4.69) is 4.43 Å². The van der Waals surface area contributed by atoms with Crippen molar-refractivity contribution in [3.05, 3.63) is 0 Å². The average Bonchev–Trinajstić information content (AvgIpc) is 1.30. The van der Waals surface area contributed by atoms with Crippen molar-refractivity contribution in [1.82, 2.24) is 0 Å². The van der Waals surface area contributed by atoms with Crippen molar-refractivity contribution >= 4 is 9.05 Å². The topological polar surface area (TPSA) is 99.9 Å². The molecule has 7 heteroatoms. The van der Waals surface area contributed by atoms with Gasteiger partial charge in [0.2, 0.25) is 0 Å². The summed E-state index contributed by atoms with van der Waals surface area (Å²) in [5, 5.41) is 0. The van der Waals surface area contributed by atoms with Crippen LogP contribution in [0.5, 0.6) is 0 Å². The molecular formula is C2H9NaO5Si. The van der Waals surface area contributed by atoms with Crippen molar-refractivity contribution in [2.75, 3.05) is 6.61 Å². The Kier molecular flexibility index (Phi) is 13.1. The summed E-state index contributed by atoms with van der Waals surface area (Å²) in [6.45, 7) is 1.68. The zero-order valence-electron chi connectivity index (χ0n) is 5.40. The first-order chi connectivity index (χ1) is 3.06. The van der Waals surface area contributed by atoms with Crippen LogP contribution in [0.2, 0.25) is 0 Å². The molecule has 0 aromatic rings. The zero-order valence-corrected chi connectivity index (χ0v) is 8.40. The first-order valence-corrected chi connectivity index (χ1v) is 3.62. The van der Waals surface area contributed by atoms with Gasteiger partial charge in [0.25, 0.3) is 0 Å². The summed E-state index contributed by atoms with van der Waals surface area (Å²) in [5.41, 5.74) is 0. The Hall–Kier alpha value is 1.02. The van der Waals surface area contributed by atoms with Gasteiger partial charge in [0, 0.05) is 6.61 Å². The fourth-order valence-corrected chi connectivity index (χ4v) is 0.581. The molecule has 0 rings (SSSR count). The van der Waals surface area contributed by atoms with E-state index in [9.17, 15) is 0 Å². The Morgan fingerprint density at radius 3 is 1.67 bits per heavy atom. The van der Waals surface area contributed by atoms with Gasteiger partial charge in [-0.3, -0.25) is 0 Å². The van der Waals surface area contributed by atoms with E-state index < -0.39 is 9.05 Å². The third kappa shape index (κ3) is 17.6. The Bertz CT molecular complexity index is 53.4. The van der Waals surface area contributed by atoms with Gasteiger partial charge in [-0.2, -0.15) is 0 Å². The predicted octanol–water partition coefficient (Wildman–Crippen LogP) is -4.74. The molecule has 0 radical (unpaired) electrons. The minimum absolute atomic E-state index is 0. The molecule has 0 unspecified atom stereocenters. The van der Waals surface area contributed by atoms with Crippen molar-refractivity contribution in [2.45, 2.75) is 6.92 Å². The minimum atomic E-state index is -4.16. The number of hydrogen-bond donors (Lipinski definition) is 3. The molecule has 0 amide bonds. The van der Waals surface area contributed by atoms with Crippen LogP contribution >= 0.6 is 0 Å². The second kappa shape index (κ2) is 7.13. The number of hydrogen-bond acceptors (Lipinski definition) is 5. The van der Waals surface area contributed by atoms with Gasteiger partial charge in [0.05, 0.1) is 0 Å². The van der Waals surface area contributed by atoms with Crippen LogP contribution < -0.4 is 29.6 Å². The molecule has 0 aliphatic rings. The first-order valence-electron chi connectivity index (χ1n) is 1.87. The van der Waals surface area contributed by atoms with Gasteiger partial charge in [-0.15, -0.1) is 0 Å². The number of rotatable bonds is 2. The van der Waals surface area contributed by atoms with E-state index in [1.54, 1.807) is 6.92 Å². The van der Waals surface area contributed by atoms with E-state index >= 15 is 0 Å². The summed E-state index contributed by atoms with van der Waals surface area (Å²) < 4.78 is 4.03. The summed E-state index contributed by atoms with van der Waals surface area (Å²) in [4.78, 5) is 24.1. The van der Waals surface area contributed by atoms with E-state index in [0.29, 0.717) is 0 Å². The monoisotopic (exact) mass is 164 g/mol. The predicted molar refractivity (Wildman–Crippen MR) is 26.0 cm³/mol. The Morgan fingerprint density at radius 1 is 1.33 bits per heavy atom. The van der Waals surface area contributed by atoms with E-state index in [4.69, 9.17) is 14.4 Å². The molecule has 0 aromatic carbocycles. The summed E-state index contributed by atoms with van der Waals surface area (Å²) in [5.74, 6) is 0. The molecule has 9 heavy (non-hydrogen) atoms. The van der Waals surface area contributed by atoms with E-state index in [1.807, 2.05) is 0 Å². The van der Waals surface area contributed by atoms with Crippen molar-refractivity contribution in [3.8, 4) is 0 Å². The van der Waals surface area contributed by atoms with Gasteiger partial charge in [0.1, 0.15) is 0 Å². The van der Waals surface area contributed by atoms with E-state index in [-0.39, 0.29) is 41.6 Å². The van der Waals surface area contributed by atoms with Crippen LogP contribution in [0.15, 0.2) is 0 Å². The van der Waals surface area contributed by atoms with Crippen molar-refractivity contribution in [1.29, 1.82) is 0 Å². The van der Waals surface area contributed by atoms with Crippen LogP contribution in [0.4, 0.5) is 0 Å².